The van der Waals surface area contributed by atoms with E-state index in [0.717, 1.165) is 38.5 Å². The summed E-state index contributed by atoms with van der Waals surface area (Å²) in [6.07, 6.45) is 9.10. The standard InChI is InChI=1S/C24H45BO9/c1-7-13-16-19(10-4)22(26)29-32-25(33-30-23(27)20(11-5)17-14-8-2)34-31-24(28)21(12-6)18-15-9-3/h19-21H,7-18H2,1-6H3. The molecule has 3 atom stereocenters. The van der Waals surface area contributed by atoms with Crippen LogP contribution in [0.5, 0.6) is 0 Å². The molecule has 0 fully saturated rings. The summed E-state index contributed by atoms with van der Waals surface area (Å²) in [7, 11) is -1.87. The lowest BCUT2D eigenvalue weighted by Crippen LogP contribution is -2.34. The van der Waals surface area contributed by atoms with Gasteiger partial charge >= 0.3 is 25.2 Å². The average Bonchev–Trinajstić information content (AvgIpc) is 2.84. The summed E-state index contributed by atoms with van der Waals surface area (Å²) in [5, 5.41) is 0. The highest BCUT2D eigenvalue weighted by Crippen LogP contribution is 2.18. The van der Waals surface area contributed by atoms with Gasteiger partial charge in [0.2, 0.25) is 0 Å². The summed E-state index contributed by atoms with van der Waals surface area (Å²) in [6.45, 7) is 11.7. The van der Waals surface area contributed by atoms with Gasteiger partial charge in [0, 0.05) is 0 Å². The Kier molecular flexibility index (Phi) is 19.7. The fraction of sp³-hybridized carbons (Fsp3) is 0.875. The normalized spacial score (nSPS) is 13.6. The van der Waals surface area contributed by atoms with Crippen molar-refractivity contribution in [3.63, 3.8) is 0 Å². The maximum absolute atomic E-state index is 12.3. The summed E-state index contributed by atoms with van der Waals surface area (Å²) in [5.74, 6) is -2.88. The second-order valence-corrected chi connectivity index (χ2v) is 8.53. The van der Waals surface area contributed by atoms with Crippen LogP contribution in [0.1, 0.15) is 119 Å². The third-order valence-corrected chi connectivity index (χ3v) is 5.82. The first-order valence-corrected chi connectivity index (χ1v) is 13.0. The number of unbranched alkanes of at least 4 members (excludes halogenated alkanes) is 3. The highest BCUT2D eigenvalue weighted by molar-refractivity contribution is 6.35. The smallest absolute Gasteiger partial charge is 0.308 e. The lowest BCUT2D eigenvalue weighted by Gasteiger charge is -2.17. The Hall–Kier alpha value is -1.65. The quantitative estimate of drug-likeness (QED) is 0.108. The van der Waals surface area contributed by atoms with Gasteiger partial charge in [0.1, 0.15) is 0 Å². The van der Waals surface area contributed by atoms with Gasteiger partial charge in [-0.05, 0) is 38.5 Å². The Labute approximate surface area is 205 Å². The molecule has 0 N–H and O–H groups in total. The number of hydrogen-bond acceptors (Lipinski definition) is 9. The molecule has 0 aromatic carbocycles. The monoisotopic (exact) mass is 488 g/mol. The minimum absolute atomic E-state index is 0.359. The third kappa shape index (κ3) is 13.9. The summed E-state index contributed by atoms with van der Waals surface area (Å²) in [4.78, 5) is 66.3. The summed E-state index contributed by atoms with van der Waals surface area (Å²) < 4.78 is 0. The van der Waals surface area contributed by atoms with Crippen molar-refractivity contribution in [1.82, 2.24) is 0 Å². The molecule has 0 amide bonds. The Balaban J connectivity index is 5.04. The predicted molar refractivity (Wildman–Crippen MR) is 127 cm³/mol. The fourth-order valence-corrected chi connectivity index (χ4v) is 3.33. The molecule has 0 rings (SSSR count). The van der Waals surface area contributed by atoms with E-state index >= 15 is 0 Å². The lowest BCUT2D eigenvalue weighted by molar-refractivity contribution is -0.319. The van der Waals surface area contributed by atoms with Crippen molar-refractivity contribution in [1.29, 1.82) is 0 Å². The highest BCUT2D eigenvalue weighted by atomic mass is 17.3. The van der Waals surface area contributed by atoms with Crippen LogP contribution >= 0.6 is 0 Å². The second-order valence-electron chi connectivity index (χ2n) is 8.53. The molecule has 34 heavy (non-hydrogen) atoms. The molecule has 0 aromatic heterocycles. The maximum Gasteiger partial charge on any atom is 0.754 e. The van der Waals surface area contributed by atoms with E-state index in [9.17, 15) is 14.4 Å². The summed E-state index contributed by atoms with van der Waals surface area (Å²) >= 11 is 0. The van der Waals surface area contributed by atoms with Crippen molar-refractivity contribution in [2.75, 3.05) is 0 Å². The van der Waals surface area contributed by atoms with Crippen LogP contribution in [0.2, 0.25) is 0 Å². The van der Waals surface area contributed by atoms with E-state index in [0.29, 0.717) is 38.5 Å². The van der Waals surface area contributed by atoms with Gasteiger partial charge in [0.05, 0.1) is 17.8 Å². The lowest BCUT2D eigenvalue weighted by atomic mass is 10.00. The fourth-order valence-electron chi connectivity index (χ4n) is 3.33. The number of rotatable bonds is 21. The SMILES string of the molecule is CCCCC(CC)C(=O)OOB(OOC(=O)C(CC)CCCC)OOC(=O)C(CC)CCCC. The molecule has 0 aliphatic heterocycles. The van der Waals surface area contributed by atoms with Crippen molar-refractivity contribution in [2.45, 2.75) is 119 Å². The first-order chi connectivity index (χ1) is 16.4. The van der Waals surface area contributed by atoms with Gasteiger partial charge in [-0.1, -0.05) is 80.1 Å². The molecule has 0 saturated carbocycles. The van der Waals surface area contributed by atoms with Crippen LogP contribution in [0.25, 0.3) is 0 Å². The average molecular weight is 488 g/mol. The van der Waals surface area contributed by atoms with Crippen LogP contribution in [0.15, 0.2) is 0 Å². The predicted octanol–water partition coefficient (Wildman–Crippen LogP) is 6.04. The molecule has 198 valence electrons. The maximum atomic E-state index is 12.3. The molecule has 0 heterocycles. The van der Waals surface area contributed by atoms with Crippen LogP contribution < -0.4 is 0 Å². The van der Waals surface area contributed by atoms with E-state index in [-0.39, 0.29) is 17.8 Å². The molecule has 0 spiro atoms. The Morgan fingerprint density at radius 2 is 0.794 bits per heavy atom. The Morgan fingerprint density at radius 3 is 1.00 bits per heavy atom. The Bertz CT molecular complexity index is 482. The van der Waals surface area contributed by atoms with E-state index in [1.165, 1.54) is 0 Å². The van der Waals surface area contributed by atoms with Gasteiger partial charge in [-0.25, -0.2) is 14.4 Å². The van der Waals surface area contributed by atoms with Crippen LogP contribution in [0.4, 0.5) is 0 Å². The van der Waals surface area contributed by atoms with Gasteiger partial charge in [0.25, 0.3) is 0 Å². The van der Waals surface area contributed by atoms with Crippen molar-refractivity contribution in [3.05, 3.63) is 0 Å². The van der Waals surface area contributed by atoms with Crippen molar-refractivity contribution in [3.8, 4) is 0 Å². The number of carbonyl (C=O) groups excluding carboxylic acids is 3. The van der Waals surface area contributed by atoms with Gasteiger partial charge < -0.3 is 14.7 Å². The van der Waals surface area contributed by atoms with E-state index in [4.69, 9.17) is 29.1 Å². The molecule has 0 aliphatic carbocycles. The van der Waals surface area contributed by atoms with Crippen LogP contribution in [0.3, 0.4) is 0 Å². The van der Waals surface area contributed by atoms with Gasteiger partial charge in [0.15, 0.2) is 0 Å². The zero-order valence-corrected chi connectivity index (χ0v) is 22.0. The summed E-state index contributed by atoms with van der Waals surface area (Å²) in [6, 6.07) is 0. The van der Waals surface area contributed by atoms with Crippen LogP contribution in [0, 0.1) is 17.8 Å². The molecule has 0 saturated heterocycles. The summed E-state index contributed by atoms with van der Waals surface area (Å²) in [5.41, 5.74) is 0. The molecule has 10 heteroatoms. The van der Waals surface area contributed by atoms with Crippen molar-refractivity contribution < 1.29 is 43.5 Å². The molecule has 0 bridgehead atoms. The minimum Gasteiger partial charge on any atom is -0.308 e. The van der Waals surface area contributed by atoms with Crippen LogP contribution in [-0.4, -0.2) is 25.2 Å². The number of hydrogen-bond donors (Lipinski definition) is 0. The molecule has 0 aromatic rings. The molecule has 9 nitrogen and oxygen atoms in total. The zero-order chi connectivity index (χ0) is 25.8. The van der Waals surface area contributed by atoms with Gasteiger partial charge in [-0.3, -0.25) is 0 Å². The third-order valence-electron chi connectivity index (χ3n) is 5.82. The first kappa shape index (κ1) is 32.4. The minimum atomic E-state index is -1.87. The van der Waals surface area contributed by atoms with Crippen molar-refractivity contribution >= 4 is 25.2 Å². The van der Waals surface area contributed by atoms with Gasteiger partial charge in [-0.2, -0.15) is 14.4 Å². The topological polar surface area (TPSA) is 107 Å². The van der Waals surface area contributed by atoms with E-state index in [1.807, 2.05) is 41.5 Å². The largest absolute Gasteiger partial charge is 0.754 e. The van der Waals surface area contributed by atoms with E-state index in [2.05, 4.69) is 0 Å². The van der Waals surface area contributed by atoms with Gasteiger partial charge in [-0.15, -0.1) is 0 Å². The molecule has 3 unspecified atom stereocenters. The van der Waals surface area contributed by atoms with Crippen molar-refractivity contribution in [2.24, 2.45) is 17.8 Å². The molecular formula is C24H45BO9. The molecule has 0 radical (unpaired) electrons. The highest BCUT2D eigenvalue weighted by Gasteiger charge is 2.35. The van der Waals surface area contributed by atoms with E-state index < -0.39 is 25.2 Å². The molecule has 0 aliphatic rings. The zero-order valence-electron chi connectivity index (χ0n) is 22.0. The molecular weight excluding hydrogens is 443 g/mol. The first-order valence-electron chi connectivity index (χ1n) is 13.0. The second kappa shape index (κ2) is 20.7. The number of carbonyl (C=O) groups is 3. The van der Waals surface area contributed by atoms with E-state index in [1.54, 1.807) is 0 Å². The van der Waals surface area contributed by atoms with Crippen LogP contribution in [-0.2, 0) is 43.5 Å². The Morgan fingerprint density at radius 1 is 0.529 bits per heavy atom.